The number of rotatable bonds is 16. The van der Waals surface area contributed by atoms with Crippen molar-refractivity contribution in [3.8, 4) is 0 Å². The quantitative estimate of drug-likeness (QED) is 0.266. The van der Waals surface area contributed by atoms with Crippen LogP contribution in [0.2, 0.25) is 0 Å². The van der Waals surface area contributed by atoms with Gasteiger partial charge in [-0.2, -0.15) is 0 Å². The Morgan fingerprint density at radius 3 is 1.18 bits per heavy atom. The molecule has 0 bridgehead atoms. The van der Waals surface area contributed by atoms with Crippen molar-refractivity contribution in [3.05, 3.63) is 0 Å². The Morgan fingerprint density at radius 2 is 0.909 bits per heavy atom. The molecule has 0 aromatic carbocycles. The van der Waals surface area contributed by atoms with Crippen LogP contribution in [0, 0.1) is 0 Å². The fourth-order valence-corrected chi connectivity index (χ4v) is 2.65. The molecule has 0 spiro atoms. The molecule has 0 unspecified atom stereocenters. The molecular weight excluding hydrogens is 323 g/mol. The molecule has 0 aromatic rings. The Morgan fingerprint density at radius 1 is 0.636 bits per heavy atom. The predicted molar refractivity (Wildman–Crippen MR) is 102 cm³/mol. The van der Waals surface area contributed by atoms with Crippen molar-refractivity contribution in [2.45, 2.75) is 110 Å². The summed E-state index contributed by atoms with van der Waals surface area (Å²) in [5.74, 6) is -0.653. The molecule has 0 aliphatic carbocycles. The van der Waals surface area contributed by atoms with Gasteiger partial charge < -0.3 is 5.11 Å². The van der Waals surface area contributed by atoms with Crippen molar-refractivity contribution in [2.75, 3.05) is 0 Å². The zero-order valence-electron chi connectivity index (χ0n) is 14.1. The van der Waals surface area contributed by atoms with Crippen LogP contribution in [0.4, 0.5) is 0 Å². The number of hydrogen-bond donors (Lipinski definition) is 1. The molecule has 4 heteroatoms. The normalized spacial score (nSPS) is 9.86. The first kappa shape index (κ1) is 28.2. The SMILES string of the molecule is CCCCCCCCCCCCCCCCCC(=O)O.Cl.[KH]. The molecule has 0 fully saturated rings. The van der Waals surface area contributed by atoms with Crippen molar-refractivity contribution in [1.82, 2.24) is 0 Å². The summed E-state index contributed by atoms with van der Waals surface area (Å²) in [6, 6.07) is 0. The van der Waals surface area contributed by atoms with E-state index in [1.807, 2.05) is 0 Å². The van der Waals surface area contributed by atoms with Crippen LogP contribution in [0.1, 0.15) is 110 Å². The second kappa shape index (κ2) is 24.6. The zero-order chi connectivity index (χ0) is 14.9. The summed E-state index contributed by atoms with van der Waals surface area (Å²) in [5.41, 5.74) is 0. The van der Waals surface area contributed by atoms with Crippen LogP contribution in [0.15, 0.2) is 0 Å². The fourth-order valence-electron chi connectivity index (χ4n) is 2.65. The molecule has 0 aliphatic heterocycles. The number of unbranched alkanes of at least 4 members (excludes halogenated alkanes) is 14. The maximum atomic E-state index is 10.3. The van der Waals surface area contributed by atoms with E-state index in [-0.39, 0.29) is 63.8 Å². The van der Waals surface area contributed by atoms with E-state index in [0.29, 0.717) is 6.42 Å². The monoisotopic (exact) mass is 360 g/mol. The molecule has 22 heavy (non-hydrogen) atoms. The van der Waals surface area contributed by atoms with Crippen LogP contribution in [0.5, 0.6) is 0 Å². The first-order valence-electron chi connectivity index (χ1n) is 8.99. The number of hydrogen-bond acceptors (Lipinski definition) is 1. The summed E-state index contributed by atoms with van der Waals surface area (Å²) >= 11 is 0. The number of carbonyl (C=O) groups is 1. The molecule has 130 valence electrons. The van der Waals surface area contributed by atoms with Gasteiger partial charge in [-0.05, 0) is 6.42 Å². The van der Waals surface area contributed by atoms with Gasteiger partial charge in [0.15, 0.2) is 0 Å². The van der Waals surface area contributed by atoms with Crippen molar-refractivity contribution >= 4 is 69.8 Å². The molecule has 2 nitrogen and oxygen atoms in total. The summed E-state index contributed by atoms with van der Waals surface area (Å²) < 4.78 is 0. The van der Waals surface area contributed by atoms with Gasteiger partial charge in [0.25, 0.3) is 0 Å². The van der Waals surface area contributed by atoms with Crippen LogP contribution in [-0.2, 0) is 4.79 Å². The Balaban J connectivity index is -0.00000180. The molecule has 0 rings (SSSR count). The van der Waals surface area contributed by atoms with Crippen LogP contribution in [-0.4, -0.2) is 62.5 Å². The third kappa shape index (κ3) is 26.3. The Hall–Kier alpha value is 1.40. The number of carboxylic acid groups (broad SMARTS) is 1. The molecule has 0 saturated carbocycles. The van der Waals surface area contributed by atoms with Crippen molar-refractivity contribution in [2.24, 2.45) is 0 Å². The molecule has 0 radical (unpaired) electrons. The van der Waals surface area contributed by atoms with Gasteiger partial charge in [0.1, 0.15) is 0 Å². The van der Waals surface area contributed by atoms with Crippen LogP contribution in [0.3, 0.4) is 0 Å². The van der Waals surface area contributed by atoms with E-state index in [1.165, 1.54) is 83.5 Å². The van der Waals surface area contributed by atoms with Crippen LogP contribution in [0.25, 0.3) is 0 Å². The summed E-state index contributed by atoms with van der Waals surface area (Å²) in [6.45, 7) is 2.27. The van der Waals surface area contributed by atoms with Gasteiger partial charge in [-0.1, -0.05) is 96.8 Å². The van der Waals surface area contributed by atoms with Gasteiger partial charge in [-0.3, -0.25) is 4.79 Å². The number of halogens is 1. The zero-order valence-corrected chi connectivity index (χ0v) is 14.9. The Labute approximate surface area is 187 Å². The van der Waals surface area contributed by atoms with Gasteiger partial charge in [0.2, 0.25) is 0 Å². The van der Waals surface area contributed by atoms with Gasteiger partial charge in [-0.15, -0.1) is 12.4 Å². The average molecular weight is 361 g/mol. The molecule has 0 atom stereocenters. The van der Waals surface area contributed by atoms with Crippen molar-refractivity contribution in [1.29, 1.82) is 0 Å². The first-order valence-corrected chi connectivity index (χ1v) is 8.99. The Kier molecular flexibility index (Phi) is 31.6. The van der Waals surface area contributed by atoms with Gasteiger partial charge in [0, 0.05) is 6.42 Å². The minimum atomic E-state index is -0.653. The summed E-state index contributed by atoms with van der Waals surface area (Å²) in [5, 5.41) is 8.52. The molecule has 1 N–H and O–H groups in total. The van der Waals surface area contributed by atoms with Gasteiger partial charge >= 0.3 is 57.4 Å². The summed E-state index contributed by atoms with van der Waals surface area (Å²) in [7, 11) is 0. The standard InChI is InChI=1S/C18H36O2.ClH.K.H/c1-2-3-4-5-6-7-8-9-10-11-12-13-14-15-16-17-18(19)20;;;/h2-17H2,1H3,(H,19,20);1H;;. The van der Waals surface area contributed by atoms with E-state index in [1.54, 1.807) is 0 Å². The summed E-state index contributed by atoms with van der Waals surface area (Å²) in [6.07, 6.45) is 20.2. The molecule has 0 heterocycles. The van der Waals surface area contributed by atoms with Crippen LogP contribution < -0.4 is 0 Å². The second-order valence-corrected chi connectivity index (χ2v) is 6.09. The summed E-state index contributed by atoms with van der Waals surface area (Å²) in [4.78, 5) is 10.3. The third-order valence-corrected chi connectivity index (χ3v) is 3.99. The first-order chi connectivity index (χ1) is 9.77. The van der Waals surface area contributed by atoms with Gasteiger partial charge in [0.05, 0.1) is 0 Å². The van der Waals surface area contributed by atoms with Crippen molar-refractivity contribution < 1.29 is 9.90 Å². The van der Waals surface area contributed by atoms with E-state index < -0.39 is 5.97 Å². The molecule has 0 saturated heterocycles. The second-order valence-electron chi connectivity index (χ2n) is 6.09. The number of aliphatic carboxylic acids is 1. The van der Waals surface area contributed by atoms with E-state index in [0.717, 1.165) is 12.8 Å². The molecule has 0 amide bonds. The topological polar surface area (TPSA) is 37.3 Å². The number of carboxylic acids is 1. The Bertz CT molecular complexity index is 213. The van der Waals surface area contributed by atoms with E-state index in [9.17, 15) is 4.79 Å². The van der Waals surface area contributed by atoms with Crippen LogP contribution >= 0.6 is 12.4 Å². The molecule has 0 aromatic heterocycles. The minimum absolute atomic E-state index is 0. The fraction of sp³-hybridized carbons (Fsp3) is 0.944. The molecule has 0 aliphatic rings. The van der Waals surface area contributed by atoms with E-state index >= 15 is 0 Å². The van der Waals surface area contributed by atoms with Gasteiger partial charge in [-0.25, -0.2) is 0 Å². The molecular formula is C18H38ClKO2. The van der Waals surface area contributed by atoms with Crippen molar-refractivity contribution in [3.63, 3.8) is 0 Å². The maximum absolute atomic E-state index is 10.3. The third-order valence-electron chi connectivity index (χ3n) is 3.99. The van der Waals surface area contributed by atoms with E-state index in [2.05, 4.69) is 6.92 Å². The average Bonchev–Trinajstić information content (AvgIpc) is 2.43. The predicted octanol–water partition coefficient (Wildman–Crippen LogP) is 6.11. The van der Waals surface area contributed by atoms with E-state index in [4.69, 9.17) is 5.11 Å².